The molecule has 6 heteroatoms. The third-order valence-electron chi connectivity index (χ3n) is 4.38. The Balaban J connectivity index is 1.54. The first-order chi connectivity index (χ1) is 10.3. The maximum atomic E-state index is 5.97. The molecule has 4 rings (SSSR count). The highest BCUT2D eigenvalue weighted by Gasteiger charge is 2.35. The van der Waals surface area contributed by atoms with Gasteiger partial charge in [0.05, 0.1) is 31.1 Å². The van der Waals surface area contributed by atoms with Gasteiger partial charge in [0, 0.05) is 38.4 Å². The SMILES string of the molecule is Nc1ccc2c(c1)N(CCN1CCOCC1)C1=NCCN12. The summed E-state index contributed by atoms with van der Waals surface area (Å²) in [7, 11) is 0. The molecule has 21 heavy (non-hydrogen) atoms. The predicted octanol–water partition coefficient (Wildman–Crippen LogP) is 0.597. The van der Waals surface area contributed by atoms with Crippen LogP contribution in [0, 0.1) is 0 Å². The van der Waals surface area contributed by atoms with Crippen LogP contribution in [0.2, 0.25) is 0 Å². The summed E-state index contributed by atoms with van der Waals surface area (Å²) in [6.07, 6.45) is 0. The van der Waals surface area contributed by atoms with E-state index in [1.165, 1.54) is 11.4 Å². The number of nitrogens with zero attached hydrogens (tertiary/aromatic N) is 4. The first kappa shape index (κ1) is 12.9. The maximum Gasteiger partial charge on any atom is 0.206 e. The lowest BCUT2D eigenvalue weighted by molar-refractivity contribution is 0.0395. The van der Waals surface area contributed by atoms with Gasteiger partial charge in [-0.05, 0) is 18.2 Å². The largest absolute Gasteiger partial charge is 0.399 e. The monoisotopic (exact) mass is 287 g/mol. The number of guanidine groups is 1. The Labute approximate surface area is 124 Å². The summed E-state index contributed by atoms with van der Waals surface area (Å²) in [5.74, 6) is 1.09. The fraction of sp³-hybridized carbons (Fsp3) is 0.533. The zero-order valence-electron chi connectivity index (χ0n) is 12.2. The number of aliphatic imine (C=N–C) groups is 1. The van der Waals surface area contributed by atoms with Crippen molar-refractivity contribution in [2.75, 3.05) is 68.0 Å². The number of ether oxygens (including phenoxy) is 1. The Bertz CT molecular complexity index is 567. The maximum absolute atomic E-state index is 5.97. The van der Waals surface area contributed by atoms with E-state index < -0.39 is 0 Å². The quantitative estimate of drug-likeness (QED) is 0.825. The molecule has 3 aliphatic heterocycles. The molecule has 0 atom stereocenters. The third kappa shape index (κ3) is 2.24. The van der Waals surface area contributed by atoms with E-state index in [0.29, 0.717) is 0 Å². The Morgan fingerprint density at radius 3 is 2.81 bits per heavy atom. The minimum Gasteiger partial charge on any atom is -0.399 e. The second-order valence-electron chi connectivity index (χ2n) is 5.69. The number of fused-ring (bicyclic) bond motifs is 3. The Morgan fingerprint density at radius 2 is 1.95 bits per heavy atom. The molecule has 0 amide bonds. The summed E-state index contributed by atoms with van der Waals surface area (Å²) in [5, 5.41) is 0. The number of rotatable bonds is 3. The number of nitrogen functional groups attached to an aromatic ring is 1. The minimum atomic E-state index is 0.812. The van der Waals surface area contributed by atoms with Crippen LogP contribution >= 0.6 is 0 Å². The van der Waals surface area contributed by atoms with Crippen molar-refractivity contribution in [1.82, 2.24) is 4.90 Å². The first-order valence-electron chi connectivity index (χ1n) is 7.62. The minimum absolute atomic E-state index is 0.812. The number of hydrogen-bond donors (Lipinski definition) is 1. The first-order valence-corrected chi connectivity index (χ1v) is 7.62. The topological polar surface area (TPSA) is 57.3 Å². The molecule has 3 aliphatic rings. The van der Waals surface area contributed by atoms with Crippen molar-refractivity contribution >= 4 is 23.0 Å². The third-order valence-corrected chi connectivity index (χ3v) is 4.38. The zero-order valence-corrected chi connectivity index (χ0v) is 12.2. The van der Waals surface area contributed by atoms with Crippen LogP contribution in [-0.4, -0.2) is 63.3 Å². The number of morpholine rings is 1. The highest BCUT2D eigenvalue weighted by molar-refractivity contribution is 6.17. The number of benzene rings is 1. The molecule has 0 aromatic heterocycles. The molecule has 1 aromatic rings. The highest BCUT2D eigenvalue weighted by Crippen LogP contribution is 2.39. The average Bonchev–Trinajstić information content (AvgIpc) is 3.07. The molecule has 6 nitrogen and oxygen atoms in total. The van der Waals surface area contributed by atoms with Gasteiger partial charge in [0.1, 0.15) is 0 Å². The van der Waals surface area contributed by atoms with Gasteiger partial charge in [-0.15, -0.1) is 0 Å². The Hall–Kier alpha value is -1.79. The summed E-state index contributed by atoms with van der Waals surface area (Å²) >= 11 is 0. The normalized spacial score (nSPS) is 21.4. The molecule has 112 valence electrons. The molecule has 2 N–H and O–H groups in total. The van der Waals surface area contributed by atoms with E-state index in [-0.39, 0.29) is 0 Å². The molecule has 0 unspecified atom stereocenters. The summed E-state index contributed by atoms with van der Waals surface area (Å²) in [5.41, 5.74) is 9.22. The molecule has 0 spiro atoms. The predicted molar refractivity (Wildman–Crippen MR) is 85.1 cm³/mol. The summed E-state index contributed by atoms with van der Waals surface area (Å²) in [6, 6.07) is 6.15. The second kappa shape index (κ2) is 5.20. The lowest BCUT2D eigenvalue weighted by atomic mass is 10.2. The highest BCUT2D eigenvalue weighted by atomic mass is 16.5. The molecule has 1 aromatic carbocycles. The van der Waals surface area contributed by atoms with Crippen LogP contribution in [0.5, 0.6) is 0 Å². The number of anilines is 3. The van der Waals surface area contributed by atoms with Gasteiger partial charge in [-0.3, -0.25) is 9.89 Å². The molecular weight excluding hydrogens is 266 g/mol. The van der Waals surface area contributed by atoms with Gasteiger partial charge < -0.3 is 20.3 Å². The second-order valence-corrected chi connectivity index (χ2v) is 5.69. The number of nitrogens with two attached hydrogens (primary N) is 1. The van der Waals surface area contributed by atoms with Gasteiger partial charge in [-0.25, -0.2) is 0 Å². The van der Waals surface area contributed by atoms with Crippen molar-refractivity contribution in [3.63, 3.8) is 0 Å². The van der Waals surface area contributed by atoms with E-state index in [1.54, 1.807) is 0 Å². The Kier molecular flexibility index (Phi) is 3.20. The van der Waals surface area contributed by atoms with Crippen molar-refractivity contribution in [2.45, 2.75) is 0 Å². The molecule has 0 bridgehead atoms. The molecule has 0 saturated carbocycles. The zero-order chi connectivity index (χ0) is 14.2. The fourth-order valence-electron chi connectivity index (χ4n) is 3.27. The van der Waals surface area contributed by atoms with Gasteiger partial charge in [0.2, 0.25) is 5.96 Å². The standard InChI is InChI=1S/C15H21N5O/c16-12-1-2-13-14(11-12)20(15-17-3-4-19(13)15)6-5-18-7-9-21-10-8-18/h1-2,11H,3-10,16H2. The van der Waals surface area contributed by atoms with Gasteiger partial charge >= 0.3 is 0 Å². The smallest absolute Gasteiger partial charge is 0.206 e. The molecular formula is C15H21N5O. The van der Waals surface area contributed by atoms with E-state index in [2.05, 4.69) is 31.8 Å². The van der Waals surface area contributed by atoms with E-state index in [4.69, 9.17) is 10.5 Å². The summed E-state index contributed by atoms with van der Waals surface area (Å²) < 4.78 is 5.41. The van der Waals surface area contributed by atoms with Crippen LogP contribution in [0.15, 0.2) is 23.2 Å². The van der Waals surface area contributed by atoms with Crippen molar-refractivity contribution in [2.24, 2.45) is 4.99 Å². The van der Waals surface area contributed by atoms with Gasteiger partial charge in [0.15, 0.2) is 0 Å². The fourth-order valence-corrected chi connectivity index (χ4v) is 3.27. The molecule has 1 saturated heterocycles. The molecule has 1 fully saturated rings. The molecule has 3 heterocycles. The molecule has 0 aliphatic carbocycles. The summed E-state index contributed by atoms with van der Waals surface area (Å²) in [4.78, 5) is 11.7. The van der Waals surface area contributed by atoms with E-state index in [1.807, 2.05) is 6.07 Å². The van der Waals surface area contributed by atoms with Crippen LogP contribution in [0.1, 0.15) is 0 Å². The van der Waals surface area contributed by atoms with Gasteiger partial charge in [-0.2, -0.15) is 0 Å². The van der Waals surface area contributed by atoms with Crippen LogP contribution in [-0.2, 0) is 4.74 Å². The van der Waals surface area contributed by atoms with Crippen LogP contribution in [0.25, 0.3) is 0 Å². The lowest BCUT2D eigenvalue weighted by Gasteiger charge is -2.29. The number of hydrogen-bond acceptors (Lipinski definition) is 6. The van der Waals surface area contributed by atoms with Crippen LogP contribution < -0.4 is 15.5 Å². The lowest BCUT2D eigenvalue weighted by Crippen LogP contribution is -2.44. The van der Waals surface area contributed by atoms with E-state index in [9.17, 15) is 0 Å². The van der Waals surface area contributed by atoms with Crippen LogP contribution in [0.3, 0.4) is 0 Å². The average molecular weight is 287 g/mol. The van der Waals surface area contributed by atoms with Gasteiger partial charge in [-0.1, -0.05) is 0 Å². The van der Waals surface area contributed by atoms with Crippen molar-refractivity contribution in [3.05, 3.63) is 18.2 Å². The van der Waals surface area contributed by atoms with Gasteiger partial charge in [0.25, 0.3) is 0 Å². The van der Waals surface area contributed by atoms with E-state index in [0.717, 1.165) is 64.1 Å². The Morgan fingerprint density at radius 1 is 1.10 bits per heavy atom. The summed E-state index contributed by atoms with van der Waals surface area (Å²) in [6.45, 7) is 7.57. The van der Waals surface area contributed by atoms with Crippen molar-refractivity contribution in [3.8, 4) is 0 Å². The van der Waals surface area contributed by atoms with Crippen molar-refractivity contribution < 1.29 is 4.74 Å². The molecule has 0 radical (unpaired) electrons. The van der Waals surface area contributed by atoms with Crippen molar-refractivity contribution in [1.29, 1.82) is 0 Å². The van der Waals surface area contributed by atoms with Crippen LogP contribution in [0.4, 0.5) is 17.1 Å². The van der Waals surface area contributed by atoms with E-state index >= 15 is 0 Å².